The van der Waals surface area contributed by atoms with E-state index in [1.165, 1.54) is 16.7 Å². The van der Waals surface area contributed by atoms with Crippen molar-refractivity contribution in [3.63, 3.8) is 0 Å². The molecule has 1 amide bonds. The molecule has 164 valence electrons. The van der Waals surface area contributed by atoms with Crippen LogP contribution in [0.25, 0.3) is 0 Å². The van der Waals surface area contributed by atoms with E-state index in [1.807, 2.05) is 36.4 Å². The van der Waals surface area contributed by atoms with Gasteiger partial charge in [0.05, 0.1) is 20.4 Å². The van der Waals surface area contributed by atoms with Crippen LogP contribution >= 0.6 is 0 Å². The lowest BCUT2D eigenvalue weighted by Crippen LogP contribution is -2.30. The second-order valence-electron chi connectivity index (χ2n) is 7.71. The number of rotatable bonds is 7. The van der Waals surface area contributed by atoms with Gasteiger partial charge in [0.25, 0.3) is 5.91 Å². The third kappa shape index (κ3) is 4.98. The fourth-order valence-corrected chi connectivity index (χ4v) is 3.95. The highest BCUT2D eigenvalue weighted by Crippen LogP contribution is 2.29. The van der Waals surface area contributed by atoms with Crippen LogP contribution in [0.4, 0.5) is 0 Å². The number of benzene rings is 3. The van der Waals surface area contributed by atoms with Crippen LogP contribution in [0.1, 0.15) is 32.6 Å². The number of ether oxygens (including phenoxy) is 2. The van der Waals surface area contributed by atoms with Gasteiger partial charge < -0.3 is 9.47 Å². The quantitative estimate of drug-likeness (QED) is 0.455. The molecule has 0 spiro atoms. The van der Waals surface area contributed by atoms with Crippen LogP contribution in [-0.2, 0) is 19.5 Å². The lowest BCUT2D eigenvalue weighted by atomic mass is 9.99. The fourth-order valence-electron chi connectivity index (χ4n) is 3.95. The molecule has 3 aromatic carbocycles. The maximum atomic E-state index is 12.5. The molecule has 0 bridgehead atoms. The van der Waals surface area contributed by atoms with Gasteiger partial charge in [-0.3, -0.25) is 9.69 Å². The van der Waals surface area contributed by atoms with E-state index in [4.69, 9.17) is 9.47 Å². The van der Waals surface area contributed by atoms with Crippen molar-refractivity contribution in [1.82, 2.24) is 10.3 Å². The van der Waals surface area contributed by atoms with E-state index in [-0.39, 0.29) is 5.91 Å². The predicted octanol–water partition coefficient (Wildman–Crippen LogP) is 4.03. The monoisotopic (exact) mass is 429 g/mol. The highest BCUT2D eigenvalue weighted by molar-refractivity contribution is 5.95. The first kappa shape index (κ1) is 21.6. The Balaban J connectivity index is 1.34. The molecule has 0 saturated carbocycles. The van der Waals surface area contributed by atoms with E-state index in [2.05, 4.69) is 39.7 Å². The minimum absolute atomic E-state index is 0.262. The van der Waals surface area contributed by atoms with Gasteiger partial charge in [-0.15, -0.1) is 0 Å². The van der Waals surface area contributed by atoms with E-state index in [9.17, 15) is 4.79 Å². The standard InChI is InChI=1S/C26H27N3O3/c1-31-24-9-5-8-22(25(24)32-2)16-27-28-26(30)21-12-10-19(11-13-21)17-29-15-14-20-6-3-4-7-23(20)18-29/h3-13,16H,14-15,17-18H2,1-2H3,(H,28,30)/b27-16-. The van der Waals surface area contributed by atoms with E-state index < -0.39 is 0 Å². The zero-order valence-electron chi connectivity index (χ0n) is 18.4. The molecule has 32 heavy (non-hydrogen) atoms. The summed E-state index contributed by atoms with van der Waals surface area (Å²) in [4.78, 5) is 14.9. The van der Waals surface area contributed by atoms with Crippen molar-refractivity contribution in [2.75, 3.05) is 20.8 Å². The number of para-hydroxylation sites is 1. The fraction of sp³-hybridized carbons (Fsp3) is 0.231. The average molecular weight is 430 g/mol. The summed E-state index contributed by atoms with van der Waals surface area (Å²) in [5.41, 5.74) is 7.88. The largest absolute Gasteiger partial charge is 0.493 e. The molecule has 0 saturated heterocycles. The molecule has 0 aromatic heterocycles. The smallest absolute Gasteiger partial charge is 0.271 e. The molecule has 1 aliphatic heterocycles. The van der Waals surface area contributed by atoms with Crippen molar-refractivity contribution in [2.24, 2.45) is 5.10 Å². The van der Waals surface area contributed by atoms with Gasteiger partial charge in [0.2, 0.25) is 0 Å². The molecular weight excluding hydrogens is 402 g/mol. The number of amides is 1. The van der Waals surface area contributed by atoms with Gasteiger partial charge in [-0.2, -0.15) is 5.10 Å². The molecule has 0 atom stereocenters. The van der Waals surface area contributed by atoms with Crippen LogP contribution in [0.3, 0.4) is 0 Å². The molecule has 6 nitrogen and oxygen atoms in total. The Bertz CT molecular complexity index is 1110. The summed E-state index contributed by atoms with van der Waals surface area (Å²) < 4.78 is 10.7. The number of hydrogen-bond acceptors (Lipinski definition) is 5. The topological polar surface area (TPSA) is 63.2 Å². The Labute approximate surface area is 188 Å². The van der Waals surface area contributed by atoms with Crippen molar-refractivity contribution in [3.05, 3.63) is 94.5 Å². The van der Waals surface area contributed by atoms with Crippen LogP contribution in [0, 0.1) is 0 Å². The summed E-state index contributed by atoms with van der Waals surface area (Å²) in [5, 5.41) is 4.07. The number of nitrogens with zero attached hydrogens (tertiary/aromatic N) is 2. The lowest BCUT2D eigenvalue weighted by molar-refractivity contribution is 0.0955. The Morgan fingerprint density at radius 1 is 1.00 bits per heavy atom. The van der Waals surface area contributed by atoms with Crippen molar-refractivity contribution >= 4 is 12.1 Å². The molecule has 4 rings (SSSR count). The highest BCUT2D eigenvalue weighted by Gasteiger charge is 2.16. The number of fused-ring (bicyclic) bond motifs is 1. The number of nitrogens with one attached hydrogen (secondary N) is 1. The molecule has 1 aliphatic rings. The Morgan fingerprint density at radius 2 is 1.78 bits per heavy atom. The van der Waals surface area contributed by atoms with E-state index >= 15 is 0 Å². The summed E-state index contributed by atoms with van der Waals surface area (Å²) in [6.45, 7) is 2.87. The van der Waals surface area contributed by atoms with Crippen molar-refractivity contribution in [2.45, 2.75) is 19.5 Å². The first-order chi connectivity index (χ1) is 15.7. The van der Waals surface area contributed by atoms with Gasteiger partial charge in [-0.1, -0.05) is 42.5 Å². The average Bonchev–Trinajstić information content (AvgIpc) is 2.84. The Morgan fingerprint density at radius 3 is 2.53 bits per heavy atom. The first-order valence-corrected chi connectivity index (χ1v) is 10.6. The Hall–Kier alpha value is -3.64. The van der Waals surface area contributed by atoms with Gasteiger partial charge in [0.15, 0.2) is 11.5 Å². The SMILES string of the molecule is COc1cccc(/C=N\NC(=O)c2ccc(CN3CCc4ccccc4C3)cc2)c1OC. The van der Waals surface area contributed by atoms with Crippen LogP contribution < -0.4 is 14.9 Å². The second kappa shape index (κ2) is 10.1. The maximum absolute atomic E-state index is 12.5. The zero-order valence-corrected chi connectivity index (χ0v) is 18.4. The third-order valence-corrected chi connectivity index (χ3v) is 5.64. The Kier molecular flexibility index (Phi) is 6.82. The van der Waals surface area contributed by atoms with Gasteiger partial charge in [-0.25, -0.2) is 5.43 Å². The first-order valence-electron chi connectivity index (χ1n) is 10.6. The van der Waals surface area contributed by atoms with Gasteiger partial charge >= 0.3 is 0 Å². The number of methoxy groups -OCH3 is 2. The van der Waals surface area contributed by atoms with Crippen LogP contribution in [0.15, 0.2) is 71.8 Å². The number of hydrazone groups is 1. The third-order valence-electron chi connectivity index (χ3n) is 5.64. The zero-order chi connectivity index (χ0) is 22.3. The van der Waals surface area contributed by atoms with Crippen LogP contribution in [0.5, 0.6) is 11.5 Å². The molecule has 1 heterocycles. The van der Waals surface area contributed by atoms with Gasteiger partial charge in [0.1, 0.15) is 0 Å². The van der Waals surface area contributed by atoms with Crippen LogP contribution in [-0.4, -0.2) is 37.8 Å². The molecule has 3 aromatic rings. The minimum atomic E-state index is -0.262. The molecule has 0 fully saturated rings. The van der Waals surface area contributed by atoms with E-state index in [0.717, 1.165) is 26.1 Å². The molecule has 6 heteroatoms. The van der Waals surface area contributed by atoms with Crippen molar-refractivity contribution in [1.29, 1.82) is 0 Å². The molecular formula is C26H27N3O3. The molecule has 1 N–H and O–H groups in total. The van der Waals surface area contributed by atoms with Gasteiger partial charge in [0, 0.05) is 30.8 Å². The summed E-state index contributed by atoms with van der Waals surface area (Å²) in [6, 6.07) is 21.8. The van der Waals surface area contributed by atoms with E-state index in [0.29, 0.717) is 22.6 Å². The predicted molar refractivity (Wildman–Crippen MR) is 125 cm³/mol. The second-order valence-corrected chi connectivity index (χ2v) is 7.71. The van der Waals surface area contributed by atoms with Crippen molar-refractivity contribution < 1.29 is 14.3 Å². The van der Waals surface area contributed by atoms with Gasteiger partial charge in [-0.05, 0) is 47.4 Å². The van der Waals surface area contributed by atoms with Crippen LogP contribution in [0.2, 0.25) is 0 Å². The lowest BCUT2D eigenvalue weighted by Gasteiger charge is -2.28. The number of hydrogen-bond donors (Lipinski definition) is 1. The summed E-state index contributed by atoms with van der Waals surface area (Å²) >= 11 is 0. The summed E-state index contributed by atoms with van der Waals surface area (Å²) in [5.74, 6) is 0.912. The minimum Gasteiger partial charge on any atom is -0.493 e. The highest BCUT2D eigenvalue weighted by atomic mass is 16.5. The molecule has 0 aliphatic carbocycles. The summed E-state index contributed by atoms with van der Waals surface area (Å²) in [6.07, 6.45) is 2.62. The molecule has 0 unspecified atom stereocenters. The molecule has 0 radical (unpaired) electrons. The number of carbonyl (C=O) groups excluding carboxylic acids is 1. The summed E-state index contributed by atoms with van der Waals surface area (Å²) in [7, 11) is 3.15. The van der Waals surface area contributed by atoms with E-state index in [1.54, 1.807) is 26.5 Å². The normalized spacial score (nSPS) is 13.6. The number of carbonyl (C=O) groups is 1. The maximum Gasteiger partial charge on any atom is 0.271 e. The van der Waals surface area contributed by atoms with Crippen molar-refractivity contribution in [3.8, 4) is 11.5 Å².